The maximum Gasteiger partial charge on any atom is 0.357 e. The van der Waals surface area contributed by atoms with Gasteiger partial charge in [-0.05, 0) is 29.8 Å². The van der Waals surface area contributed by atoms with Crippen molar-refractivity contribution in [2.45, 2.75) is 6.54 Å². The van der Waals surface area contributed by atoms with Crippen molar-refractivity contribution in [1.29, 1.82) is 5.26 Å². The Morgan fingerprint density at radius 1 is 1.29 bits per heavy atom. The highest BCUT2D eigenvalue weighted by Crippen LogP contribution is 2.17. The maximum absolute atomic E-state index is 11.2. The molecule has 102 valence electrons. The number of aromatic nitrogens is 3. The molecule has 0 fully saturated rings. The Kier molecular flexibility index (Phi) is 3.09. The van der Waals surface area contributed by atoms with Gasteiger partial charge in [0.15, 0.2) is 11.3 Å². The lowest BCUT2D eigenvalue weighted by Gasteiger charge is -2.03. The van der Waals surface area contributed by atoms with Crippen LogP contribution in [0.1, 0.15) is 21.6 Å². The Hall–Kier alpha value is -3.20. The standard InChI is InChI=1S/C15H10N4O2/c16-8-10-3-5-11(6-4-10)9-19-14-12(2-1-7-17-14)13(18-19)15(20)21/h1-7H,9H2,(H,20,21). The van der Waals surface area contributed by atoms with Gasteiger partial charge in [0.05, 0.1) is 23.6 Å². The highest BCUT2D eigenvalue weighted by molar-refractivity contribution is 5.99. The molecular formula is C15H10N4O2. The number of hydrogen-bond donors (Lipinski definition) is 1. The smallest absolute Gasteiger partial charge is 0.357 e. The molecule has 0 bridgehead atoms. The van der Waals surface area contributed by atoms with Gasteiger partial charge in [0, 0.05) is 6.20 Å². The number of pyridine rings is 1. The van der Waals surface area contributed by atoms with E-state index in [1.54, 1.807) is 35.1 Å². The summed E-state index contributed by atoms with van der Waals surface area (Å²) < 4.78 is 1.56. The van der Waals surface area contributed by atoms with Crippen LogP contribution in [0.25, 0.3) is 11.0 Å². The van der Waals surface area contributed by atoms with E-state index in [0.29, 0.717) is 23.1 Å². The number of rotatable bonds is 3. The lowest BCUT2D eigenvalue weighted by molar-refractivity contribution is 0.0691. The van der Waals surface area contributed by atoms with E-state index in [4.69, 9.17) is 5.26 Å². The van der Waals surface area contributed by atoms with Crippen molar-refractivity contribution in [2.75, 3.05) is 0 Å². The molecule has 3 rings (SSSR count). The minimum atomic E-state index is -1.08. The molecule has 21 heavy (non-hydrogen) atoms. The minimum absolute atomic E-state index is 0.00764. The summed E-state index contributed by atoms with van der Waals surface area (Å²) in [6, 6.07) is 12.5. The Morgan fingerprint density at radius 2 is 2.05 bits per heavy atom. The average molecular weight is 278 g/mol. The number of aromatic carboxylic acids is 1. The first kappa shape index (κ1) is 12.8. The highest BCUT2D eigenvalue weighted by Gasteiger charge is 2.16. The fraction of sp³-hybridized carbons (Fsp3) is 0.0667. The molecule has 0 unspecified atom stereocenters. The molecule has 0 saturated carbocycles. The molecule has 6 nitrogen and oxygen atoms in total. The Labute approximate surface area is 119 Å². The number of carbonyl (C=O) groups is 1. The van der Waals surface area contributed by atoms with Gasteiger partial charge in [-0.3, -0.25) is 0 Å². The highest BCUT2D eigenvalue weighted by atomic mass is 16.4. The first-order valence-corrected chi connectivity index (χ1v) is 6.23. The topological polar surface area (TPSA) is 91.8 Å². The van der Waals surface area contributed by atoms with Crippen molar-refractivity contribution in [3.05, 3.63) is 59.4 Å². The third-order valence-electron chi connectivity index (χ3n) is 3.12. The maximum atomic E-state index is 11.2. The molecule has 0 radical (unpaired) electrons. The molecule has 0 spiro atoms. The molecule has 2 aromatic heterocycles. The molecule has 0 amide bonds. The van der Waals surface area contributed by atoms with E-state index in [1.807, 2.05) is 12.1 Å². The quantitative estimate of drug-likeness (QED) is 0.791. The lowest BCUT2D eigenvalue weighted by atomic mass is 10.1. The molecule has 0 aliphatic carbocycles. The molecular weight excluding hydrogens is 268 g/mol. The van der Waals surface area contributed by atoms with Crippen LogP contribution in [-0.4, -0.2) is 25.8 Å². The third-order valence-corrected chi connectivity index (χ3v) is 3.12. The molecule has 0 aliphatic rings. The Morgan fingerprint density at radius 3 is 2.71 bits per heavy atom. The van der Waals surface area contributed by atoms with Crippen molar-refractivity contribution in [1.82, 2.24) is 14.8 Å². The first-order chi connectivity index (χ1) is 10.2. The zero-order valence-corrected chi connectivity index (χ0v) is 10.9. The first-order valence-electron chi connectivity index (χ1n) is 6.23. The van der Waals surface area contributed by atoms with E-state index in [2.05, 4.69) is 16.2 Å². The summed E-state index contributed by atoms with van der Waals surface area (Å²) >= 11 is 0. The SMILES string of the molecule is N#Cc1ccc(Cn2nc(C(=O)O)c3cccnc32)cc1. The summed E-state index contributed by atoms with van der Waals surface area (Å²) in [5.74, 6) is -1.08. The normalized spacial score (nSPS) is 10.4. The Balaban J connectivity index is 2.04. The van der Waals surface area contributed by atoms with Gasteiger partial charge in [0.1, 0.15) is 0 Å². The van der Waals surface area contributed by atoms with Crippen LogP contribution in [0.3, 0.4) is 0 Å². The molecule has 0 aliphatic heterocycles. The molecule has 6 heteroatoms. The van der Waals surface area contributed by atoms with Gasteiger partial charge in [0.2, 0.25) is 0 Å². The van der Waals surface area contributed by atoms with Crippen LogP contribution in [0.5, 0.6) is 0 Å². The van der Waals surface area contributed by atoms with Crippen LogP contribution in [-0.2, 0) is 6.54 Å². The van der Waals surface area contributed by atoms with E-state index in [9.17, 15) is 9.90 Å². The zero-order valence-electron chi connectivity index (χ0n) is 10.9. The average Bonchev–Trinajstić information content (AvgIpc) is 2.87. The molecule has 0 atom stereocenters. The van der Waals surface area contributed by atoms with Crippen molar-refractivity contribution in [2.24, 2.45) is 0 Å². The molecule has 3 aromatic rings. The second-order valence-electron chi connectivity index (χ2n) is 4.49. The molecule has 0 saturated heterocycles. The van der Waals surface area contributed by atoms with Crippen LogP contribution in [0.15, 0.2) is 42.6 Å². The van der Waals surface area contributed by atoms with Gasteiger partial charge in [-0.2, -0.15) is 10.4 Å². The van der Waals surface area contributed by atoms with Crippen molar-refractivity contribution in [3.63, 3.8) is 0 Å². The fourth-order valence-electron chi connectivity index (χ4n) is 2.14. The molecule has 1 aromatic carbocycles. The van der Waals surface area contributed by atoms with Gasteiger partial charge in [-0.25, -0.2) is 14.5 Å². The fourth-order valence-corrected chi connectivity index (χ4v) is 2.14. The number of carboxylic acid groups (broad SMARTS) is 1. The number of carboxylic acids is 1. The summed E-state index contributed by atoms with van der Waals surface area (Å²) in [5.41, 5.74) is 2.01. The summed E-state index contributed by atoms with van der Waals surface area (Å²) in [5, 5.41) is 22.6. The summed E-state index contributed by atoms with van der Waals surface area (Å²) in [7, 11) is 0. The van der Waals surface area contributed by atoms with Crippen LogP contribution < -0.4 is 0 Å². The third kappa shape index (κ3) is 2.32. The number of nitrogens with zero attached hydrogens (tertiary/aromatic N) is 4. The van der Waals surface area contributed by atoms with Crippen LogP contribution >= 0.6 is 0 Å². The van der Waals surface area contributed by atoms with Gasteiger partial charge in [-0.15, -0.1) is 0 Å². The summed E-state index contributed by atoms with van der Waals surface area (Å²) in [6.07, 6.45) is 1.60. The van der Waals surface area contributed by atoms with Gasteiger partial charge in [0.25, 0.3) is 0 Å². The van der Waals surface area contributed by atoms with E-state index in [-0.39, 0.29) is 5.69 Å². The number of fused-ring (bicyclic) bond motifs is 1. The summed E-state index contributed by atoms with van der Waals surface area (Å²) in [4.78, 5) is 15.4. The van der Waals surface area contributed by atoms with E-state index >= 15 is 0 Å². The van der Waals surface area contributed by atoms with Gasteiger partial charge in [-0.1, -0.05) is 12.1 Å². The van der Waals surface area contributed by atoms with Crippen molar-refractivity contribution in [3.8, 4) is 6.07 Å². The van der Waals surface area contributed by atoms with Crippen molar-refractivity contribution >= 4 is 17.0 Å². The second-order valence-corrected chi connectivity index (χ2v) is 4.49. The van der Waals surface area contributed by atoms with Crippen molar-refractivity contribution < 1.29 is 9.90 Å². The molecule has 2 heterocycles. The van der Waals surface area contributed by atoms with Crippen LogP contribution in [0, 0.1) is 11.3 Å². The number of benzene rings is 1. The summed E-state index contributed by atoms with van der Waals surface area (Å²) in [6.45, 7) is 0.395. The van der Waals surface area contributed by atoms with E-state index in [0.717, 1.165) is 5.56 Å². The lowest BCUT2D eigenvalue weighted by Crippen LogP contribution is -2.05. The largest absolute Gasteiger partial charge is 0.476 e. The number of nitriles is 1. The van der Waals surface area contributed by atoms with Gasteiger partial charge >= 0.3 is 5.97 Å². The number of hydrogen-bond acceptors (Lipinski definition) is 4. The van der Waals surface area contributed by atoms with Crippen LogP contribution in [0.2, 0.25) is 0 Å². The predicted octanol–water partition coefficient (Wildman–Crippen LogP) is 2.05. The van der Waals surface area contributed by atoms with Crippen LogP contribution in [0.4, 0.5) is 0 Å². The van der Waals surface area contributed by atoms with Gasteiger partial charge < -0.3 is 5.11 Å². The second kappa shape index (κ2) is 5.06. The molecule has 1 N–H and O–H groups in total. The zero-order chi connectivity index (χ0) is 14.8. The van der Waals surface area contributed by atoms with E-state index < -0.39 is 5.97 Å². The minimum Gasteiger partial charge on any atom is -0.476 e. The Bertz CT molecular complexity index is 860. The predicted molar refractivity (Wildman–Crippen MR) is 74.7 cm³/mol. The monoisotopic (exact) mass is 278 g/mol. The van der Waals surface area contributed by atoms with E-state index in [1.165, 1.54) is 0 Å².